The number of methoxy groups -OCH3 is 1. The molecule has 3 heterocycles. The number of fused-ring (bicyclic) bond motifs is 6. The van der Waals surface area contributed by atoms with Crippen LogP contribution in [0.25, 0.3) is 0 Å². The van der Waals surface area contributed by atoms with Gasteiger partial charge in [0.05, 0.1) is 31.0 Å². The van der Waals surface area contributed by atoms with E-state index < -0.39 is 0 Å². The van der Waals surface area contributed by atoms with Crippen molar-refractivity contribution in [2.24, 2.45) is 0 Å². The number of hydrogen-bond donors (Lipinski definition) is 2. The van der Waals surface area contributed by atoms with E-state index in [9.17, 15) is 14.7 Å². The van der Waals surface area contributed by atoms with Gasteiger partial charge in [-0.15, -0.1) is 6.58 Å². The maximum absolute atomic E-state index is 13.7. The normalized spacial score (nSPS) is 18.8. The van der Waals surface area contributed by atoms with Crippen molar-refractivity contribution in [3.8, 4) is 23.0 Å². The molecule has 9 nitrogen and oxygen atoms in total. The van der Waals surface area contributed by atoms with Crippen molar-refractivity contribution in [3.05, 3.63) is 77.1 Å². The minimum Gasteiger partial charge on any atom is -0.504 e. The fourth-order valence-corrected chi connectivity index (χ4v) is 5.37. The average Bonchev–Trinajstić information content (AvgIpc) is 3.44. The number of amides is 2. The smallest absolute Gasteiger partial charge is 0.257 e. The Morgan fingerprint density at radius 1 is 1.21 bits per heavy atom. The molecule has 2 amide bonds. The lowest BCUT2D eigenvalue weighted by Crippen LogP contribution is -2.40. The van der Waals surface area contributed by atoms with Crippen LogP contribution in [0.3, 0.4) is 0 Å². The fourth-order valence-electron chi connectivity index (χ4n) is 5.37. The van der Waals surface area contributed by atoms with Crippen molar-refractivity contribution < 1.29 is 24.2 Å². The number of aryl methyl sites for hydroxylation is 2. The molecule has 198 valence electrons. The molecular weight excluding hydrogens is 484 g/mol. The predicted octanol–water partition coefficient (Wildman–Crippen LogP) is 3.86. The van der Waals surface area contributed by atoms with Gasteiger partial charge in [-0.2, -0.15) is 5.10 Å². The number of ether oxygens (including phenoxy) is 2. The molecule has 5 rings (SSSR count). The molecule has 2 aliphatic rings. The van der Waals surface area contributed by atoms with Crippen LogP contribution in [0.5, 0.6) is 23.0 Å². The molecule has 1 aromatic heterocycles. The second-order valence-electron chi connectivity index (χ2n) is 9.82. The van der Waals surface area contributed by atoms with Crippen LogP contribution in [-0.2, 0) is 17.8 Å². The second kappa shape index (κ2) is 10.2. The number of likely N-dealkylation sites (tertiary alicyclic amines) is 1. The summed E-state index contributed by atoms with van der Waals surface area (Å²) in [6.45, 7) is 8.81. The summed E-state index contributed by atoms with van der Waals surface area (Å²) in [4.78, 5) is 28.5. The van der Waals surface area contributed by atoms with E-state index >= 15 is 0 Å². The van der Waals surface area contributed by atoms with E-state index in [1.165, 1.54) is 0 Å². The maximum Gasteiger partial charge on any atom is 0.257 e. The van der Waals surface area contributed by atoms with Gasteiger partial charge in [-0.25, -0.2) is 0 Å². The Bertz CT molecular complexity index is 1410. The van der Waals surface area contributed by atoms with Gasteiger partial charge in [0, 0.05) is 31.1 Å². The summed E-state index contributed by atoms with van der Waals surface area (Å²) in [5.41, 5.74) is 3.80. The summed E-state index contributed by atoms with van der Waals surface area (Å²) in [5.74, 6) is 0.882. The van der Waals surface area contributed by atoms with E-state index in [4.69, 9.17) is 9.47 Å². The quantitative estimate of drug-likeness (QED) is 0.510. The number of carbonyl (C=O) groups excluding carboxylic acids is 2. The number of aromatic hydroxyl groups is 1. The van der Waals surface area contributed by atoms with Crippen molar-refractivity contribution in [3.63, 3.8) is 0 Å². The second-order valence-corrected chi connectivity index (χ2v) is 9.82. The number of benzene rings is 2. The number of allylic oxidation sites excluding steroid dienone is 1. The third-order valence-corrected chi connectivity index (χ3v) is 7.35. The lowest BCUT2D eigenvalue weighted by atomic mass is 9.93. The molecule has 2 N–H and O–H groups in total. The van der Waals surface area contributed by atoms with Crippen molar-refractivity contribution in [1.82, 2.24) is 20.0 Å². The third kappa shape index (κ3) is 4.71. The molecule has 3 aromatic rings. The Morgan fingerprint density at radius 2 is 2.03 bits per heavy atom. The number of rotatable bonds is 4. The summed E-state index contributed by atoms with van der Waals surface area (Å²) in [5, 5.41) is 18.1. The van der Waals surface area contributed by atoms with Gasteiger partial charge in [0.15, 0.2) is 23.0 Å². The van der Waals surface area contributed by atoms with Crippen LogP contribution in [0.15, 0.2) is 49.1 Å². The molecule has 0 aliphatic carbocycles. The molecule has 9 heteroatoms. The number of nitrogens with one attached hydrogen (secondary N) is 1. The van der Waals surface area contributed by atoms with Gasteiger partial charge in [0.25, 0.3) is 5.91 Å². The Hall–Kier alpha value is -4.27. The Morgan fingerprint density at radius 3 is 2.79 bits per heavy atom. The molecule has 0 spiro atoms. The molecule has 2 atom stereocenters. The van der Waals surface area contributed by atoms with Gasteiger partial charge in [-0.05, 0) is 55.7 Å². The number of carbonyl (C=O) groups is 2. The number of hydrogen-bond acceptors (Lipinski definition) is 6. The van der Waals surface area contributed by atoms with Crippen molar-refractivity contribution in [2.45, 2.75) is 45.2 Å². The number of nitrogens with zero attached hydrogens (tertiary/aromatic N) is 3. The van der Waals surface area contributed by atoms with Crippen molar-refractivity contribution in [2.75, 3.05) is 20.2 Å². The van der Waals surface area contributed by atoms with Crippen LogP contribution in [-0.4, -0.2) is 57.8 Å². The van der Waals surface area contributed by atoms with Crippen LogP contribution in [0.4, 0.5) is 0 Å². The van der Waals surface area contributed by atoms with E-state index in [2.05, 4.69) is 17.0 Å². The van der Waals surface area contributed by atoms with E-state index in [0.29, 0.717) is 54.6 Å². The number of aromatic nitrogens is 2. The first-order valence-corrected chi connectivity index (χ1v) is 12.7. The van der Waals surface area contributed by atoms with Gasteiger partial charge in [-0.3, -0.25) is 14.3 Å². The summed E-state index contributed by atoms with van der Waals surface area (Å²) in [6.07, 6.45) is 2.51. The highest BCUT2D eigenvalue weighted by Crippen LogP contribution is 2.40. The first-order valence-electron chi connectivity index (χ1n) is 12.7. The Balaban J connectivity index is 1.52. The maximum atomic E-state index is 13.7. The largest absolute Gasteiger partial charge is 0.504 e. The number of phenols is 1. The summed E-state index contributed by atoms with van der Waals surface area (Å²) < 4.78 is 13.4. The van der Waals surface area contributed by atoms with E-state index in [0.717, 1.165) is 16.8 Å². The highest BCUT2D eigenvalue weighted by atomic mass is 16.5. The first kappa shape index (κ1) is 25.4. The van der Waals surface area contributed by atoms with Crippen molar-refractivity contribution >= 4 is 11.8 Å². The van der Waals surface area contributed by atoms with Crippen LogP contribution in [0, 0.1) is 13.8 Å². The van der Waals surface area contributed by atoms with Gasteiger partial charge in [0.1, 0.15) is 0 Å². The average molecular weight is 517 g/mol. The summed E-state index contributed by atoms with van der Waals surface area (Å²) in [6, 6.07) is 10.4. The van der Waals surface area contributed by atoms with E-state index in [1.54, 1.807) is 41.0 Å². The van der Waals surface area contributed by atoms with Crippen LogP contribution >= 0.6 is 0 Å². The van der Waals surface area contributed by atoms with Gasteiger partial charge in [-0.1, -0.05) is 18.2 Å². The zero-order valence-corrected chi connectivity index (χ0v) is 21.9. The molecule has 1 fully saturated rings. The topological polar surface area (TPSA) is 106 Å². The Kier molecular flexibility index (Phi) is 6.84. The lowest BCUT2D eigenvalue weighted by Gasteiger charge is -2.21. The molecular formula is C29H32N4O5. The first-order chi connectivity index (χ1) is 18.3. The fraction of sp³-hybridized carbons (Fsp3) is 0.345. The number of phenolic OH excluding ortho intramolecular Hbond substituents is 1. The molecule has 0 radical (unpaired) electrons. The molecule has 2 aliphatic heterocycles. The van der Waals surface area contributed by atoms with Crippen molar-refractivity contribution in [1.29, 1.82) is 0 Å². The molecule has 0 saturated carbocycles. The predicted molar refractivity (Wildman–Crippen MR) is 142 cm³/mol. The minimum atomic E-state index is -0.284. The summed E-state index contributed by atoms with van der Waals surface area (Å²) >= 11 is 0. The molecule has 1 saturated heterocycles. The third-order valence-electron chi connectivity index (χ3n) is 7.35. The van der Waals surface area contributed by atoms with Gasteiger partial charge >= 0.3 is 0 Å². The Labute approximate surface area is 221 Å². The molecule has 2 aromatic carbocycles. The van der Waals surface area contributed by atoms with Gasteiger partial charge < -0.3 is 24.8 Å². The van der Waals surface area contributed by atoms with Crippen LogP contribution in [0.2, 0.25) is 0 Å². The van der Waals surface area contributed by atoms with Gasteiger partial charge in [0.2, 0.25) is 5.91 Å². The highest BCUT2D eigenvalue weighted by molar-refractivity contribution is 5.96. The zero-order chi connectivity index (χ0) is 27.0. The summed E-state index contributed by atoms with van der Waals surface area (Å²) in [7, 11) is 1.56. The lowest BCUT2D eigenvalue weighted by molar-refractivity contribution is -0.121. The molecule has 38 heavy (non-hydrogen) atoms. The molecule has 4 bridgehead atoms. The standard InChI is InChI=1S/C29H32N4O5/c1-5-12-33-18(3)28(17(2)31-33)29(36)32-15-21-20-8-10-24(37-4)26(14-20)38-25-13-19(6-9-23(25)34)7-11-27(35)30-22(21)16-32/h5-6,8-10,13-14,21-22,34H,1,7,11-12,15-16H2,2-4H3,(H,30,35)/t21-,22+/m0/s1. The monoisotopic (exact) mass is 516 g/mol. The van der Waals surface area contributed by atoms with E-state index in [-0.39, 0.29) is 35.9 Å². The highest BCUT2D eigenvalue weighted by Gasteiger charge is 2.39. The SMILES string of the molecule is C=CCn1nc(C)c(C(=O)N2C[C@H]3NC(=O)CCc4ccc(O)c(c4)Oc4cc(ccc4OC)[C@@H]3C2)c1C. The zero-order valence-electron chi connectivity index (χ0n) is 21.9. The van der Waals surface area contributed by atoms with Crippen LogP contribution in [0.1, 0.15) is 45.2 Å². The molecule has 0 unspecified atom stereocenters. The van der Waals surface area contributed by atoms with E-state index in [1.807, 2.05) is 32.0 Å². The van der Waals surface area contributed by atoms with Crippen LogP contribution < -0.4 is 14.8 Å². The minimum absolute atomic E-state index is 0.00113.